The van der Waals surface area contributed by atoms with Crippen molar-refractivity contribution in [1.29, 1.82) is 0 Å². The van der Waals surface area contributed by atoms with E-state index in [9.17, 15) is 19.2 Å². The van der Waals surface area contributed by atoms with Crippen LogP contribution >= 0.6 is 11.8 Å². The number of carbonyl (C=O) groups excluding carboxylic acids is 4. The van der Waals surface area contributed by atoms with E-state index in [2.05, 4.69) is 0 Å². The molecule has 3 fully saturated rings. The predicted molar refractivity (Wildman–Crippen MR) is 101 cm³/mol. The van der Waals surface area contributed by atoms with Gasteiger partial charge in [-0.05, 0) is 18.6 Å². The normalized spacial score (nSPS) is 36.6. The van der Waals surface area contributed by atoms with E-state index in [1.54, 1.807) is 11.8 Å². The molecule has 0 radical (unpaired) electrons. The summed E-state index contributed by atoms with van der Waals surface area (Å²) in [6, 6.07) is 7.51. The molecule has 8 heteroatoms. The van der Waals surface area contributed by atoms with Crippen molar-refractivity contribution in [2.75, 3.05) is 18.6 Å². The standard InChI is InChI=1S/C20H20N2O5S/c1-5-27-17(26)19-12-13(15(24)21(4)14(12)23)20(28-19)18(2,3)10-8-6-7-9-11(10)22(20)16(19)25/h6-9,12-13H,5H2,1-4H3/t12-,13+,19+,20+/m0/s1. The fourth-order valence-corrected chi connectivity index (χ4v) is 7.81. The first-order valence-electron chi connectivity index (χ1n) is 9.31. The van der Waals surface area contributed by atoms with Crippen LogP contribution in [0.1, 0.15) is 26.3 Å². The molecule has 0 N–H and O–H groups in total. The summed E-state index contributed by atoms with van der Waals surface area (Å²) >= 11 is 1.15. The number of para-hydroxylation sites is 1. The number of hydrogen-bond acceptors (Lipinski definition) is 6. The molecule has 2 bridgehead atoms. The monoisotopic (exact) mass is 400 g/mol. The average Bonchev–Trinajstić information content (AvgIpc) is 3.27. The van der Waals surface area contributed by atoms with Gasteiger partial charge in [-0.3, -0.25) is 24.2 Å². The van der Waals surface area contributed by atoms with Gasteiger partial charge in [-0.15, -0.1) is 11.8 Å². The second-order valence-corrected chi connectivity index (χ2v) is 9.70. The first kappa shape index (κ1) is 17.7. The zero-order valence-electron chi connectivity index (χ0n) is 16.0. The topological polar surface area (TPSA) is 84.0 Å². The van der Waals surface area contributed by atoms with Gasteiger partial charge < -0.3 is 4.74 Å². The minimum absolute atomic E-state index is 0.0940. The number of nitrogens with zero attached hydrogens (tertiary/aromatic N) is 2. The smallest absolute Gasteiger partial charge is 0.332 e. The largest absolute Gasteiger partial charge is 0.465 e. The zero-order valence-corrected chi connectivity index (χ0v) is 16.8. The summed E-state index contributed by atoms with van der Waals surface area (Å²) in [5.41, 5.74) is 0.992. The van der Waals surface area contributed by atoms with Gasteiger partial charge in [0.25, 0.3) is 5.91 Å². The van der Waals surface area contributed by atoms with Gasteiger partial charge in [0, 0.05) is 18.2 Å². The van der Waals surface area contributed by atoms with Gasteiger partial charge in [-0.1, -0.05) is 32.0 Å². The minimum Gasteiger partial charge on any atom is -0.465 e. The number of hydrogen-bond donors (Lipinski definition) is 0. The fraction of sp³-hybridized carbons (Fsp3) is 0.500. The molecule has 0 saturated carbocycles. The van der Waals surface area contributed by atoms with Gasteiger partial charge in [-0.2, -0.15) is 0 Å². The first-order chi connectivity index (χ1) is 13.2. The van der Waals surface area contributed by atoms with E-state index in [-0.39, 0.29) is 12.5 Å². The zero-order chi connectivity index (χ0) is 20.2. The Morgan fingerprint density at radius 3 is 2.46 bits per heavy atom. The Labute approximate surface area is 166 Å². The van der Waals surface area contributed by atoms with Gasteiger partial charge in [0.15, 0.2) is 0 Å². The SMILES string of the molecule is CCOC(=O)[C@@]12S[C@@]3([C@H]4C(=O)N(C)C(=O)[C@H]41)N(C2=O)c1ccccc1C3(C)C. The van der Waals surface area contributed by atoms with Crippen LogP contribution in [0, 0.1) is 11.8 Å². The Balaban J connectivity index is 1.84. The van der Waals surface area contributed by atoms with E-state index in [0.29, 0.717) is 5.69 Å². The first-order valence-corrected chi connectivity index (χ1v) is 10.1. The van der Waals surface area contributed by atoms with Gasteiger partial charge in [-0.25, -0.2) is 4.79 Å². The van der Waals surface area contributed by atoms with Crippen molar-refractivity contribution in [2.24, 2.45) is 11.8 Å². The number of ether oxygens (including phenoxy) is 1. The Bertz CT molecular complexity index is 991. The number of benzene rings is 1. The number of thioether (sulfide) groups is 1. The Morgan fingerprint density at radius 2 is 1.79 bits per heavy atom. The van der Waals surface area contributed by atoms with Crippen LogP contribution in [-0.4, -0.2) is 51.9 Å². The van der Waals surface area contributed by atoms with Crippen LogP contribution in [0.15, 0.2) is 24.3 Å². The van der Waals surface area contributed by atoms with Gasteiger partial charge in [0.05, 0.1) is 18.4 Å². The maximum absolute atomic E-state index is 13.8. The number of rotatable bonds is 2. The molecular weight excluding hydrogens is 380 g/mol. The summed E-state index contributed by atoms with van der Waals surface area (Å²) in [6.07, 6.45) is 0. The van der Waals surface area contributed by atoms with Gasteiger partial charge >= 0.3 is 5.97 Å². The quantitative estimate of drug-likeness (QED) is 0.423. The third kappa shape index (κ3) is 1.48. The summed E-state index contributed by atoms with van der Waals surface area (Å²) in [5.74, 6) is -3.83. The van der Waals surface area contributed by atoms with Gasteiger partial charge in [0.2, 0.25) is 16.6 Å². The molecule has 5 rings (SSSR count). The van der Waals surface area contributed by atoms with Crippen molar-refractivity contribution in [3.63, 3.8) is 0 Å². The molecule has 4 aliphatic heterocycles. The molecule has 4 aliphatic rings. The van der Waals surface area contributed by atoms with Crippen LogP contribution in [0.2, 0.25) is 0 Å². The lowest BCUT2D eigenvalue weighted by Gasteiger charge is -2.44. The van der Waals surface area contributed by atoms with Crippen molar-refractivity contribution >= 4 is 41.1 Å². The van der Waals surface area contributed by atoms with Crippen LogP contribution in [0.25, 0.3) is 0 Å². The molecule has 7 nitrogen and oxygen atoms in total. The number of imide groups is 1. The molecule has 0 aliphatic carbocycles. The highest BCUT2D eigenvalue weighted by atomic mass is 32.2. The summed E-state index contributed by atoms with van der Waals surface area (Å²) in [7, 11) is 1.42. The fourth-order valence-electron chi connectivity index (χ4n) is 5.63. The van der Waals surface area contributed by atoms with Crippen molar-refractivity contribution in [3.8, 4) is 0 Å². The highest BCUT2D eigenvalue weighted by molar-refractivity contribution is 8.04. The number of likely N-dealkylation sites (tertiary alicyclic amines) is 1. The van der Waals surface area contributed by atoms with E-state index in [4.69, 9.17) is 4.74 Å². The maximum atomic E-state index is 13.8. The van der Waals surface area contributed by atoms with Crippen molar-refractivity contribution in [1.82, 2.24) is 4.90 Å². The minimum atomic E-state index is -1.72. The summed E-state index contributed by atoms with van der Waals surface area (Å²) < 4.78 is 3.55. The van der Waals surface area contributed by atoms with Crippen LogP contribution < -0.4 is 4.90 Å². The van der Waals surface area contributed by atoms with Crippen LogP contribution in [0.4, 0.5) is 5.69 Å². The summed E-state index contributed by atoms with van der Waals surface area (Å²) in [4.78, 5) is 54.7. The third-order valence-corrected chi connectivity index (χ3v) is 9.02. The molecular formula is C20H20N2O5S. The van der Waals surface area contributed by atoms with Crippen molar-refractivity contribution in [2.45, 2.75) is 35.8 Å². The molecule has 4 atom stereocenters. The molecule has 3 amide bonds. The molecule has 3 saturated heterocycles. The van der Waals surface area contributed by atoms with Crippen LogP contribution in [0.3, 0.4) is 0 Å². The van der Waals surface area contributed by atoms with Crippen molar-refractivity contribution in [3.05, 3.63) is 29.8 Å². The molecule has 0 aromatic heterocycles. The lowest BCUT2D eigenvalue weighted by atomic mass is 9.66. The van der Waals surface area contributed by atoms with E-state index in [1.165, 1.54) is 7.05 Å². The Morgan fingerprint density at radius 1 is 1.14 bits per heavy atom. The molecule has 1 spiro atoms. The van der Waals surface area contributed by atoms with Crippen molar-refractivity contribution < 1.29 is 23.9 Å². The lowest BCUT2D eigenvalue weighted by molar-refractivity contribution is -0.155. The molecule has 4 heterocycles. The predicted octanol–water partition coefficient (Wildman–Crippen LogP) is 1.30. The van der Waals surface area contributed by atoms with E-state index in [1.807, 2.05) is 38.1 Å². The Kier molecular flexibility index (Phi) is 3.15. The average molecular weight is 400 g/mol. The number of amides is 3. The number of piperidine rings is 1. The summed E-state index contributed by atoms with van der Waals surface area (Å²) in [6.45, 7) is 5.71. The third-order valence-electron chi connectivity index (χ3n) is 6.85. The van der Waals surface area contributed by atoms with Gasteiger partial charge in [0.1, 0.15) is 4.87 Å². The number of esters is 1. The number of fused-ring (bicyclic) bond motifs is 5. The number of anilines is 1. The molecule has 28 heavy (non-hydrogen) atoms. The van der Waals surface area contributed by atoms with Crippen LogP contribution in [-0.2, 0) is 29.3 Å². The summed E-state index contributed by atoms with van der Waals surface area (Å²) in [5, 5.41) is 0. The highest BCUT2D eigenvalue weighted by Gasteiger charge is 2.88. The molecule has 0 unspecified atom stereocenters. The second-order valence-electron chi connectivity index (χ2n) is 8.23. The molecule has 1 aromatic rings. The molecule has 146 valence electrons. The lowest BCUT2D eigenvalue weighted by Crippen LogP contribution is -2.64. The number of carbonyl (C=O) groups is 4. The van der Waals surface area contributed by atoms with Crippen LogP contribution in [0.5, 0.6) is 0 Å². The highest BCUT2D eigenvalue weighted by Crippen LogP contribution is 2.76. The second kappa shape index (κ2) is 4.97. The van der Waals surface area contributed by atoms with E-state index >= 15 is 0 Å². The molecule has 1 aromatic carbocycles. The Hall–Kier alpha value is -2.35. The van der Waals surface area contributed by atoms with E-state index in [0.717, 1.165) is 22.2 Å². The van der Waals surface area contributed by atoms with E-state index < -0.39 is 44.7 Å². The maximum Gasteiger partial charge on any atom is 0.332 e.